The number of nitrogens with zero attached hydrogens (tertiary/aromatic N) is 3. The number of hydrogen-bond acceptors (Lipinski definition) is 7. The normalized spacial score (nSPS) is 31.5. The monoisotopic (exact) mass is 558 g/mol. The molecule has 2 rings (SSSR count). The summed E-state index contributed by atoms with van der Waals surface area (Å²) in [6.45, 7) is 0. The lowest BCUT2D eigenvalue weighted by molar-refractivity contribution is -0.196. The summed E-state index contributed by atoms with van der Waals surface area (Å²) in [6.07, 6.45) is -0.691. The maximum atomic E-state index is 15.7. The number of nitrogens with two attached hydrogens (primary N) is 1. The molecule has 1 aliphatic rings. The van der Waals surface area contributed by atoms with Gasteiger partial charge >= 0.3 is 16.6 Å². The Bertz CT molecular complexity index is 1280. The van der Waals surface area contributed by atoms with Gasteiger partial charge in [-0.2, -0.15) is 40.7 Å². The first-order chi connectivity index (χ1) is 13.9. The van der Waals surface area contributed by atoms with Gasteiger partial charge in [-0.25, -0.2) is 26.3 Å². The summed E-state index contributed by atoms with van der Waals surface area (Å²) in [7, 11) is -13.0. The van der Waals surface area contributed by atoms with E-state index in [4.69, 9.17) is 38.8 Å². The summed E-state index contributed by atoms with van der Waals surface area (Å²) < 4.78 is 165. The molecule has 0 spiro atoms. The van der Waals surface area contributed by atoms with Crippen LogP contribution in [0.25, 0.3) is 0 Å². The molecule has 3 N–H and O–H groups in total. The van der Waals surface area contributed by atoms with Gasteiger partial charge in [0.2, 0.25) is 5.00 Å². The molecule has 9 nitrogen and oxygen atoms in total. The molecule has 1 aliphatic carbocycles. The number of hydrogen-bond donors (Lipinski definition) is 2. The van der Waals surface area contributed by atoms with Gasteiger partial charge < -0.3 is 5.73 Å². The third kappa shape index (κ3) is 3.11. The van der Waals surface area contributed by atoms with Gasteiger partial charge in [0.05, 0.1) is 0 Å². The van der Waals surface area contributed by atoms with E-state index in [2.05, 4.69) is 5.10 Å². The molecule has 1 heterocycles. The minimum absolute atomic E-state index is 0.691. The van der Waals surface area contributed by atoms with Crippen LogP contribution in [0.5, 0.6) is 0 Å². The number of aromatic nitrogens is 2. The van der Waals surface area contributed by atoms with E-state index in [1.165, 1.54) is 0 Å². The average molecular weight is 559 g/mol. The number of allylic oxidation sites excluding steroid dienone is 1. The Labute approximate surface area is 181 Å². The summed E-state index contributed by atoms with van der Waals surface area (Å²) >= 11 is 10.0. The molecule has 180 valence electrons. The largest absolute Gasteiger partial charge is 0.502 e. The van der Waals surface area contributed by atoms with E-state index in [-0.39, 0.29) is 0 Å². The standard InChI is InChI=1S/C11H4Cl2F8N4O5S2/c12-7(23)5(14)6(32(28,29)30)8(15,16)9(13,17)10(7,18)25-2-4(3(1-22)24-25)31(26,27)11(19,20)21/h2H,23H2,(H,28,29,30). The molecule has 32 heavy (non-hydrogen) atoms. The van der Waals surface area contributed by atoms with Gasteiger partial charge in [0, 0.05) is 6.20 Å². The summed E-state index contributed by atoms with van der Waals surface area (Å²) in [6, 6.07) is 0.714. The minimum atomic E-state index is -6.57. The smallest absolute Gasteiger partial charge is 0.302 e. The van der Waals surface area contributed by atoms with Crippen LogP contribution in [0.15, 0.2) is 21.8 Å². The van der Waals surface area contributed by atoms with Crippen LogP contribution in [-0.4, -0.2) is 52.7 Å². The van der Waals surface area contributed by atoms with Gasteiger partial charge in [-0.15, -0.1) is 0 Å². The Morgan fingerprint density at radius 1 is 1.16 bits per heavy atom. The van der Waals surface area contributed by atoms with Crippen molar-refractivity contribution < 1.29 is 56.5 Å². The first kappa shape index (κ1) is 26.5. The van der Waals surface area contributed by atoms with Crippen molar-refractivity contribution in [1.82, 2.24) is 9.78 Å². The van der Waals surface area contributed by atoms with Crippen LogP contribution in [-0.2, 0) is 25.7 Å². The van der Waals surface area contributed by atoms with Crippen molar-refractivity contribution in [1.29, 1.82) is 5.26 Å². The maximum absolute atomic E-state index is 15.7. The second-order valence-corrected chi connectivity index (χ2v) is 10.3. The highest BCUT2D eigenvalue weighted by Crippen LogP contribution is 2.63. The number of halogens is 10. The van der Waals surface area contributed by atoms with E-state index in [1.807, 2.05) is 0 Å². The number of rotatable bonds is 3. The quantitative estimate of drug-likeness (QED) is 0.247. The predicted octanol–water partition coefficient (Wildman–Crippen LogP) is 2.19. The Kier molecular flexibility index (Phi) is 5.72. The lowest BCUT2D eigenvalue weighted by Crippen LogP contribution is -2.73. The first-order valence-electron chi connectivity index (χ1n) is 7.06. The zero-order valence-electron chi connectivity index (χ0n) is 14.2. The molecule has 0 saturated carbocycles. The molecule has 0 fully saturated rings. The molecule has 0 aliphatic heterocycles. The molecule has 3 atom stereocenters. The van der Waals surface area contributed by atoms with Crippen LogP contribution in [0.4, 0.5) is 35.1 Å². The maximum Gasteiger partial charge on any atom is 0.502 e. The molecule has 0 aromatic carbocycles. The third-order valence-electron chi connectivity index (χ3n) is 4.05. The van der Waals surface area contributed by atoms with Gasteiger partial charge in [0.1, 0.15) is 11.0 Å². The topological polar surface area (TPSA) is 156 Å². The van der Waals surface area contributed by atoms with Crippen molar-refractivity contribution in [2.24, 2.45) is 5.73 Å². The van der Waals surface area contributed by atoms with Crippen molar-refractivity contribution >= 4 is 43.2 Å². The summed E-state index contributed by atoms with van der Waals surface area (Å²) in [5.74, 6) is -14.6. The van der Waals surface area contributed by atoms with E-state index in [0.717, 1.165) is 0 Å². The van der Waals surface area contributed by atoms with Crippen molar-refractivity contribution in [2.45, 2.75) is 32.2 Å². The summed E-state index contributed by atoms with van der Waals surface area (Å²) in [5.41, 5.74) is -3.12. The minimum Gasteiger partial charge on any atom is -0.302 e. The highest BCUT2D eigenvalue weighted by Gasteiger charge is 2.84. The van der Waals surface area contributed by atoms with E-state index in [0.29, 0.717) is 6.07 Å². The molecule has 0 saturated heterocycles. The van der Waals surface area contributed by atoms with Crippen LogP contribution >= 0.6 is 23.2 Å². The fraction of sp³-hybridized carbons (Fsp3) is 0.455. The zero-order chi connectivity index (χ0) is 25.5. The lowest BCUT2D eigenvalue weighted by Gasteiger charge is -2.49. The van der Waals surface area contributed by atoms with E-state index in [9.17, 15) is 47.6 Å². The second kappa shape index (κ2) is 6.89. The van der Waals surface area contributed by atoms with Crippen LogP contribution < -0.4 is 5.73 Å². The van der Waals surface area contributed by atoms with Gasteiger partial charge in [-0.3, -0.25) is 4.55 Å². The SMILES string of the molecule is N#Cc1nn(C2(F)C(N)(Cl)C(F)=C(S(=O)(=O)O)C(F)(F)C2(F)Cl)cc1S(=O)(=O)C(F)(F)F. The Balaban J connectivity index is 3.05. The van der Waals surface area contributed by atoms with Crippen LogP contribution in [0.2, 0.25) is 0 Å². The van der Waals surface area contributed by atoms with E-state index < -0.39 is 79.5 Å². The van der Waals surface area contributed by atoms with Crippen LogP contribution in [0.3, 0.4) is 0 Å². The molecule has 21 heteroatoms. The van der Waals surface area contributed by atoms with Crippen molar-refractivity contribution in [3.05, 3.63) is 22.6 Å². The molecule has 0 radical (unpaired) electrons. The Morgan fingerprint density at radius 2 is 1.62 bits per heavy atom. The molecule has 1 aromatic heterocycles. The lowest BCUT2D eigenvalue weighted by atomic mass is 9.87. The Morgan fingerprint density at radius 3 is 2.00 bits per heavy atom. The second-order valence-electron chi connectivity index (χ2n) is 5.95. The van der Waals surface area contributed by atoms with Crippen molar-refractivity contribution in [3.63, 3.8) is 0 Å². The summed E-state index contributed by atoms with van der Waals surface area (Å²) in [4.78, 5) is -9.98. The fourth-order valence-electron chi connectivity index (χ4n) is 2.53. The van der Waals surface area contributed by atoms with Crippen molar-refractivity contribution in [2.75, 3.05) is 0 Å². The third-order valence-corrected chi connectivity index (χ3v) is 7.39. The fourth-order valence-corrected chi connectivity index (χ4v) is 5.01. The Hall–Kier alpha value is -1.72. The average Bonchev–Trinajstić information content (AvgIpc) is 3.02. The first-order valence-corrected chi connectivity index (χ1v) is 10.7. The zero-order valence-corrected chi connectivity index (χ0v) is 17.3. The molecule has 3 unspecified atom stereocenters. The van der Waals surface area contributed by atoms with Gasteiger partial charge in [-0.05, 0) is 0 Å². The number of alkyl halides is 9. The van der Waals surface area contributed by atoms with E-state index >= 15 is 4.39 Å². The number of nitriles is 1. The molecule has 0 amide bonds. The molecule has 0 bridgehead atoms. The molecule has 1 aromatic rings. The molecular formula is C11H4Cl2F8N4O5S2. The highest BCUT2D eigenvalue weighted by atomic mass is 35.5. The number of sulfone groups is 1. The van der Waals surface area contributed by atoms with Gasteiger partial charge in [0.25, 0.3) is 25.7 Å². The predicted molar refractivity (Wildman–Crippen MR) is 86.4 cm³/mol. The van der Waals surface area contributed by atoms with Crippen molar-refractivity contribution in [3.8, 4) is 6.07 Å². The molecular weight excluding hydrogens is 555 g/mol. The summed E-state index contributed by atoms with van der Waals surface area (Å²) in [5, 5.41) is 5.68. The van der Waals surface area contributed by atoms with Gasteiger partial charge in [0.15, 0.2) is 16.4 Å². The highest BCUT2D eigenvalue weighted by molar-refractivity contribution is 7.92. The van der Waals surface area contributed by atoms with Crippen LogP contribution in [0, 0.1) is 11.3 Å². The van der Waals surface area contributed by atoms with Crippen LogP contribution in [0.1, 0.15) is 5.69 Å². The van der Waals surface area contributed by atoms with Gasteiger partial charge in [-0.1, -0.05) is 23.2 Å². The van der Waals surface area contributed by atoms with E-state index in [1.54, 1.807) is 0 Å².